The van der Waals surface area contributed by atoms with Gasteiger partial charge >= 0.3 is 0 Å². The summed E-state index contributed by atoms with van der Waals surface area (Å²) in [6.07, 6.45) is 0. The maximum atomic E-state index is 13.3. The molecule has 41 heavy (non-hydrogen) atoms. The highest BCUT2D eigenvalue weighted by atomic mass is 32.2. The van der Waals surface area contributed by atoms with Crippen molar-refractivity contribution in [3.63, 3.8) is 0 Å². The zero-order valence-electron chi connectivity index (χ0n) is 22.0. The Kier molecular flexibility index (Phi) is 8.12. The first-order chi connectivity index (χ1) is 19.7. The Labute approximate surface area is 239 Å². The fourth-order valence-electron chi connectivity index (χ4n) is 4.22. The molecule has 1 unspecified atom stereocenters. The van der Waals surface area contributed by atoms with Crippen molar-refractivity contribution in [1.29, 1.82) is 0 Å². The van der Waals surface area contributed by atoms with Gasteiger partial charge in [-0.25, -0.2) is 13.0 Å². The minimum atomic E-state index is -3.64. The predicted molar refractivity (Wildman–Crippen MR) is 151 cm³/mol. The molecule has 15 heteroatoms. The van der Waals surface area contributed by atoms with Gasteiger partial charge in [-0.2, -0.15) is 9.97 Å². The summed E-state index contributed by atoms with van der Waals surface area (Å²) in [6.45, 7) is 1.33. The molecule has 0 radical (unpaired) electrons. The lowest BCUT2D eigenvalue weighted by molar-refractivity contribution is 0.0785. The van der Waals surface area contributed by atoms with Gasteiger partial charge in [0, 0.05) is 25.2 Å². The van der Waals surface area contributed by atoms with Crippen LogP contribution in [-0.2, 0) is 21.1 Å². The van der Waals surface area contributed by atoms with Gasteiger partial charge in [-0.05, 0) is 48.1 Å². The fourth-order valence-corrected chi connectivity index (χ4v) is 5.92. The van der Waals surface area contributed by atoms with E-state index in [1.54, 1.807) is 12.1 Å². The van der Waals surface area contributed by atoms with Crippen molar-refractivity contribution >= 4 is 38.9 Å². The van der Waals surface area contributed by atoms with E-state index in [9.17, 15) is 18.0 Å². The number of morpholine rings is 1. The van der Waals surface area contributed by atoms with E-state index >= 15 is 0 Å². The third-order valence-corrected chi connectivity index (χ3v) is 8.60. The van der Waals surface area contributed by atoms with E-state index in [-0.39, 0.29) is 45.9 Å². The van der Waals surface area contributed by atoms with Crippen molar-refractivity contribution in [3.05, 3.63) is 74.8 Å². The molecule has 1 aliphatic heterocycles. The smallest absolute Gasteiger partial charge is 0.269 e. The average Bonchev–Trinajstić information content (AvgIpc) is 3.00. The van der Waals surface area contributed by atoms with Gasteiger partial charge in [0.15, 0.2) is 10.2 Å². The van der Waals surface area contributed by atoms with Gasteiger partial charge in [-0.15, -0.1) is 0 Å². The molecule has 0 spiro atoms. The Morgan fingerprint density at radius 2 is 1.83 bits per heavy atom. The number of aromatic nitrogens is 4. The molecular weight excluding hydrogens is 572 g/mol. The van der Waals surface area contributed by atoms with E-state index in [2.05, 4.69) is 25.6 Å². The van der Waals surface area contributed by atoms with Crippen molar-refractivity contribution in [2.45, 2.75) is 16.9 Å². The maximum absolute atomic E-state index is 13.3. The second kappa shape index (κ2) is 11.7. The van der Waals surface area contributed by atoms with Crippen molar-refractivity contribution < 1.29 is 27.4 Å². The molecule has 4 aromatic rings. The Bertz CT molecular complexity index is 1810. The summed E-state index contributed by atoms with van der Waals surface area (Å²) in [6, 6.07) is 12.3. The van der Waals surface area contributed by atoms with Crippen LogP contribution in [0.25, 0.3) is 16.9 Å². The zero-order chi connectivity index (χ0) is 29.1. The number of hydrogen-bond acceptors (Lipinski definition) is 11. The van der Waals surface area contributed by atoms with E-state index < -0.39 is 26.7 Å². The number of carbonyl (C=O) groups excluding carboxylic acids is 1. The maximum Gasteiger partial charge on any atom is 0.269 e. The summed E-state index contributed by atoms with van der Waals surface area (Å²) < 4.78 is 42.4. The number of H-pyrrole nitrogens is 1. The topological polar surface area (TPSA) is 167 Å². The highest BCUT2D eigenvalue weighted by Gasteiger charge is 2.29. The number of aromatic amines is 1. The summed E-state index contributed by atoms with van der Waals surface area (Å²) in [5.41, 5.74) is -0.0714. The van der Waals surface area contributed by atoms with Crippen molar-refractivity contribution in [2.75, 3.05) is 33.9 Å². The molecule has 3 N–H and O–H groups in total. The first-order valence-corrected chi connectivity index (χ1v) is 14.4. The number of benzene rings is 2. The second-order valence-corrected chi connectivity index (χ2v) is 11.4. The molecule has 1 amide bonds. The SMILES string of the molecule is COc1cc(OC)nc(-n2c(=S)[nH]c3cc(C(=O)NCc4ccc(S(=O)(=O)C5CNCCO5)cc4)ccc3c2=O)n1. The van der Waals surface area contributed by atoms with Crippen LogP contribution in [0.15, 0.2) is 58.2 Å². The van der Waals surface area contributed by atoms with Crippen LogP contribution in [0.1, 0.15) is 15.9 Å². The third-order valence-electron chi connectivity index (χ3n) is 6.39. The van der Waals surface area contributed by atoms with Crippen LogP contribution < -0.4 is 25.7 Å². The summed E-state index contributed by atoms with van der Waals surface area (Å²) in [5, 5.41) is 6.07. The number of rotatable bonds is 8. The minimum Gasteiger partial charge on any atom is -0.481 e. The number of nitrogens with one attached hydrogen (secondary N) is 3. The predicted octanol–water partition coefficient (Wildman–Crippen LogP) is 1.51. The molecule has 1 aliphatic rings. The summed E-state index contributed by atoms with van der Waals surface area (Å²) >= 11 is 5.40. The number of amides is 1. The van der Waals surface area contributed by atoms with Gasteiger partial charge in [-0.1, -0.05) is 12.1 Å². The molecule has 2 aromatic heterocycles. The Balaban J connectivity index is 1.33. The number of nitrogens with zero attached hydrogens (tertiary/aromatic N) is 3. The van der Waals surface area contributed by atoms with E-state index in [1.165, 1.54) is 50.6 Å². The lowest BCUT2D eigenvalue weighted by Gasteiger charge is -2.23. The lowest BCUT2D eigenvalue weighted by Crippen LogP contribution is -2.43. The summed E-state index contributed by atoms with van der Waals surface area (Å²) in [5.74, 6) is -0.0494. The van der Waals surface area contributed by atoms with E-state index in [1.807, 2.05) is 0 Å². The van der Waals surface area contributed by atoms with Crippen LogP contribution in [0.2, 0.25) is 0 Å². The molecule has 3 heterocycles. The lowest BCUT2D eigenvalue weighted by atomic mass is 10.1. The molecule has 0 saturated carbocycles. The van der Waals surface area contributed by atoms with Gasteiger partial charge in [-0.3, -0.25) is 9.59 Å². The molecule has 0 aliphatic carbocycles. The van der Waals surface area contributed by atoms with Gasteiger partial charge in [0.1, 0.15) is 0 Å². The molecule has 5 rings (SSSR count). The van der Waals surface area contributed by atoms with Crippen LogP contribution in [0, 0.1) is 4.77 Å². The fraction of sp³-hybridized carbons (Fsp3) is 0.269. The van der Waals surface area contributed by atoms with Gasteiger partial charge in [0.05, 0.1) is 42.7 Å². The second-order valence-electron chi connectivity index (χ2n) is 8.96. The van der Waals surface area contributed by atoms with Gasteiger partial charge in [0.25, 0.3) is 11.5 Å². The molecule has 214 valence electrons. The number of sulfone groups is 1. The van der Waals surface area contributed by atoms with Crippen LogP contribution >= 0.6 is 12.2 Å². The van der Waals surface area contributed by atoms with Crippen LogP contribution in [0.5, 0.6) is 11.8 Å². The number of ether oxygens (including phenoxy) is 3. The van der Waals surface area contributed by atoms with E-state index in [0.717, 1.165) is 4.57 Å². The Morgan fingerprint density at radius 1 is 1.12 bits per heavy atom. The minimum absolute atomic E-state index is 0.0137. The third kappa shape index (κ3) is 5.83. The average molecular weight is 599 g/mol. The summed E-state index contributed by atoms with van der Waals surface area (Å²) in [4.78, 5) is 37.7. The van der Waals surface area contributed by atoms with Crippen LogP contribution in [0.3, 0.4) is 0 Å². The molecule has 13 nitrogen and oxygen atoms in total. The number of hydrogen-bond donors (Lipinski definition) is 3. The first-order valence-electron chi connectivity index (χ1n) is 12.4. The standard InChI is InChI=1S/C26H26N6O7S2/c1-37-20-12-21(38-2)31-25(30-20)32-24(34)18-8-5-16(11-19(18)29-26(32)40)23(33)28-13-15-3-6-17(7-4-15)41(35,36)22-14-27-9-10-39-22/h3-8,11-12,22,27H,9-10,13-14H2,1-2H3,(H,28,33)(H,29,40). The largest absolute Gasteiger partial charge is 0.481 e. The highest BCUT2D eigenvalue weighted by molar-refractivity contribution is 7.92. The zero-order valence-corrected chi connectivity index (χ0v) is 23.7. The van der Waals surface area contributed by atoms with Crippen molar-refractivity contribution in [3.8, 4) is 17.7 Å². The van der Waals surface area contributed by atoms with Gasteiger partial charge in [0.2, 0.25) is 27.5 Å². The monoisotopic (exact) mass is 598 g/mol. The van der Waals surface area contributed by atoms with E-state index in [0.29, 0.717) is 29.8 Å². The van der Waals surface area contributed by atoms with Crippen LogP contribution in [0.4, 0.5) is 0 Å². The Morgan fingerprint density at radius 3 is 2.46 bits per heavy atom. The number of carbonyl (C=O) groups is 1. The summed E-state index contributed by atoms with van der Waals surface area (Å²) in [7, 11) is -0.793. The van der Waals surface area contributed by atoms with E-state index in [4.69, 9.17) is 26.4 Å². The molecule has 0 bridgehead atoms. The van der Waals surface area contributed by atoms with Gasteiger partial charge < -0.3 is 29.8 Å². The first kappa shape index (κ1) is 28.4. The normalized spacial score (nSPS) is 15.4. The molecule has 1 saturated heterocycles. The van der Waals surface area contributed by atoms with Crippen molar-refractivity contribution in [1.82, 2.24) is 30.2 Å². The number of methoxy groups -OCH3 is 2. The quantitative estimate of drug-likeness (QED) is 0.252. The molecule has 2 aromatic carbocycles. The number of fused-ring (bicyclic) bond motifs is 1. The van der Waals surface area contributed by atoms with Crippen LogP contribution in [-0.4, -0.2) is 73.2 Å². The van der Waals surface area contributed by atoms with Crippen molar-refractivity contribution in [2.24, 2.45) is 0 Å². The Hall–Kier alpha value is -4.18. The molecular formula is C26H26N6O7S2. The highest BCUT2D eigenvalue weighted by Crippen LogP contribution is 2.20. The molecule has 1 fully saturated rings. The molecule has 1 atom stereocenters.